The number of aromatic nitrogens is 2. The molecule has 12 heteroatoms. The van der Waals surface area contributed by atoms with Crippen molar-refractivity contribution in [3.63, 3.8) is 0 Å². The molecule has 2 aromatic heterocycles. The zero-order chi connectivity index (χ0) is 26.5. The van der Waals surface area contributed by atoms with Gasteiger partial charge in [0, 0.05) is 60.3 Å². The molecule has 204 valence electrons. The van der Waals surface area contributed by atoms with E-state index in [1.54, 1.807) is 38.4 Å². The summed E-state index contributed by atoms with van der Waals surface area (Å²) in [6.45, 7) is 1.67. The first kappa shape index (κ1) is 28.5. The highest BCUT2D eigenvalue weighted by Crippen LogP contribution is 2.36. The molecule has 0 bridgehead atoms. The number of aromatic amines is 1. The van der Waals surface area contributed by atoms with Crippen LogP contribution in [-0.4, -0.2) is 76.6 Å². The SMILES string of the molecule is CN1CCc2nc(C(=O)NC3CCC(C(=O)N(C)C)CC3(N)C(=O)c3cc4cc(Cl)ccc4[nH]3)sc2C1.Cl. The smallest absolute Gasteiger partial charge is 0.280 e. The van der Waals surface area contributed by atoms with E-state index in [4.69, 9.17) is 17.3 Å². The average Bonchev–Trinajstić information content (AvgIpc) is 3.47. The highest BCUT2D eigenvalue weighted by molar-refractivity contribution is 7.13. The number of nitrogens with one attached hydrogen (secondary N) is 2. The number of hydrogen-bond donors (Lipinski definition) is 3. The number of nitrogens with two attached hydrogens (primary N) is 1. The van der Waals surface area contributed by atoms with Gasteiger partial charge >= 0.3 is 0 Å². The van der Waals surface area contributed by atoms with Crippen LogP contribution in [-0.2, 0) is 17.8 Å². The van der Waals surface area contributed by atoms with E-state index in [1.165, 1.54) is 16.2 Å². The van der Waals surface area contributed by atoms with Gasteiger partial charge in [0.2, 0.25) is 11.7 Å². The molecule has 4 N–H and O–H groups in total. The first-order chi connectivity index (χ1) is 17.5. The maximum Gasteiger partial charge on any atom is 0.280 e. The van der Waals surface area contributed by atoms with Crippen molar-refractivity contribution in [3.8, 4) is 0 Å². The molecule has 9 nitrogen and oxygen atoms in total. The van der Waals surface area contributed by atoms with E-state index >= 15 is 0 Å². The van der Waals surface area contributed by atoms with Gasteiger partial charge in [-0.25, -0.2) is 4.98 Å². The van der Waals surface area contributed by atoms with E-state index in [1.807, 2.05) is 7.05 Å². The molecule has 38 heavy (non-hydrogen) atoms. The van der Waals surface area contributed by atoms with Gasteiger partial charge in [0.25, 0.3) is 5.91 Å². The number of Topliss-reactive ketones (excluding diaryl/α,β-unsaturated/α-hetero) is 1. The Hall–Kier alpha value is -2.50. The molecular formula is C26H32Cl2N6O3S. The van der Waals surface area contributed by atoms with Gasteiger partial charge in [0.05, 0.1) is 17.4 Å². The van der Waals surface area contributed by atoms with E-state index in [0.29, 0.717) is 28.6 Å². The van der Waals surface area contributed by atoms with Crippen molar-refractivity contribution in [1.29, 1.82) is 0 Å². The zero-order valence-corrected chi connectivity index (χ0v) is 23.9. The Morgan fingerprint density at radius 3 is 2.76 bits per heavy atom. The summed E-state index contributed by atoms with van der Waals surface area (Å²) in [6, 6.07) is 6.39. The molecule has 1 saturated carbocycles. The lowest BCUT2D eigenvalue weighted by Gasteiger charge is -2.43. The fourth-order valence-electron chi connectivity index (χ4n) is 5.42. The van der Waals surface area contributed by atoms with Crippen molar-refractivity contribution in [2.24, 2.45) is 11.7 Å². The van der Waals surface area contributed by atoms with Crippen LogP contribution in [0.4, 0.5) is 0 Å². The number of carbonyl (C=O) groups excluding carboxylic acids is 3. The molecule has 3 unspecified atom stereocenters. The number of amides is 2. The molecule has 2 amide bonds. The molecular weight excluding hydrogens is 547 g/mol. The summed E-state index contributed by atoms with van der Waals surface area (Å²) in [5.41, 5.74) is 7.46. The molecule has 0 saturated heterocycles. The summed E-state index contributed by atoms with van der Waals surface area (Å²) in [6.07, 6.45) is 1.86. The second-order valence-electron chi connectivity index (χ2n) is 10.4. The number of benzene rings is 1. The van der Waals surface area contributed by atoms with Crippen LogP contribution in [0, 0.1) is 5.92 Å². The minimum Gasteiger partial charge on any atom is -0.352 e. The van der Waals surface area contributed by atoms with Crippen molar-refractivity contribution in [2.75, 3.05) is 27.7 Å². The minimum atomic E-state index is -1.48. The number of fused-ring (bicyclic) bond motifs is 2. The molecule has 1 fully saturated rings. The van der Waals surface area contributed by atoms with Crippen LogP contribution in [0.15, 0.2) is 24.3 Å². The first-order valence-electron chi connectivity index (χ1n) is 12.4. The lowest BCUT2D eigenvalue weighted by Crippen LogP contribution is -2.66. The van der Waals surface area contributed by atoms with E-state index in [-0.39, 0.29) is 36.4 Å². The van der Waals surface area contributed by atoms with Gasteiger partial charge in [-0.15, -0.1) is 23.7 Å². The fraction of sp³-hybridized carbons (Fsp3) is 0.462. The van der Waals surface area contributed by atoms with Crippen molar-refractivity contribution < 1.29 is 14.4 Å². The molecule has 3 heterocycles. The van der Waals surface area contributed by atoms with Crippen LogP contribution < -0.4 is 11.1 Å². The topological polar surface area (TPSA) is 124 Å². The number of nitrogens with zero attached hydrogens (tertiary/aromatic N) is 3. The predicted octanol–water partition coefficient (Wildman–Crippen LogP) is 3.25. The van der Waals surface area contributed by atoms with Crippen LogP contribution in [0.5, 0.6) is 0 Å². The largest absolute Gasteiger partial charge is 0.352 e. The normalized spacial score (nSPS) is 23.4. The third-order valence-electron chi connectivity index (χ3n) is 7.47. The molecule has 5 rings (SSSR count). The van der Waals surface area contributed by atoms with Gasteiger partial charge in [-0.3, -0.25) is 14.4 Å². The molecule has 0 spiro atoms. The number of rotatable bonds is 5. The van der Waals surface area contributed by atoms with Gasteiger partial charge in [0.1, 0.15) is 5.54 Å². The maximum atomic E-state index is 14.0. The third kappa shape index (κ3) is 5.33. The second kappa shape index (κ2) is 10.9. The molecule has 3 atom stereocenters. The van der Waals surface area contributed by atoms with Gasteiger partial charge in [-0.2, -0.15) is 0 Å². The lowest BCUT2D eigenvalue weighted by molar-refractivity contribution is -0.134. The van der Waals surface area contributed by atoms with Crippen LogP contribution in [0.1, 0.15) is 50.1 Å². The second-order valence-corrected chi connectivity index (χ2v) is 11.9. The Labute approximate surface area is 236 Å². The first-order valence-corrected chi connectivity index (χ1v) is 13.6. The molecule has 3 aromatic rings. The highest BCUT2D eigenvalue weighted by atomic mass is 35.5. The quantitative estimate of drug-likeness (QED) is 0.399. The van der Waals surface area contributed by atoms with Gasteiger partial charge in [-0.05, 0) is 50.6 Å². The number of thiazole rings is 1. The summed E-state index contributed by atoms with van der Waals surface area (Å²) >= 11 is 7.52. The summed E-state index contributed by atoms with van der Waals surface area (Å²) in [5, 5.41) is 4.74. The van der Waals surface area contributed by atoms with Crippen molar-refractivity contribution in [3.05, 3.63) is 50.6 Å². The number of halogens is 2. The number of likely N-dealkylation sites (N-methyl/N-ethyl adjacent to an activating group) is 1. The molecule has 2 aliphatic rings. The Morgan fingerprint density at radius 2 is 2.03 bits per heavy atom. The standard InChI is InChI=1S/C26H31ClN6O3S.ClH/c1-32(2)25(36)14-4-7-21(31-23(35)24-30-18-8-9-33(3)13-20(18)37-24)26(28,12-14)22(34)19-11-15-10-16(27)5-6-17(15)29-19;/h5-6,10-11,14,21,29H,4,7-9,12-13,28H2,1-3H3,(H,31,35);1H. The zero-order valence-electron chi connectivity index (χ0n) is 21.5. The molecule has 1 aliphatic carbocycles. The monoisotopic (exact) mass is 578 g/mol. The summed E-state index contributed by atoms with van der Waals surface area (Å²) < 4.78 is 0. The predicted molar refractivity (Wildman–Crippen MR) is 151 cm³/mol. The van der Waals surface area contributed by atoms with Gasteiger partial charge in [-0.1, -0.05) is 11.6 Å². The number of ketones is 1. The molecule has 0 radical (unpaired) electrons. The van der Waals surface area contributed by atoms with E-state index in [2.05, 4.69) is 20.2 Å². The van der Waals surface area contributed by atoms with Crippen LogP contribution in [0.3, 0.4) is 0 Å². The number of H-pyrrole nitrogens is 1. The summed E-state index contributed by atoms with van der Waals surface area (Å²) in [5.74, 6) is -1.18. The van der Waals surface area contributed by atoms with Crippen LogP contribution in [0.25, 0.3) is 10.9 Å². The summed E-state index contributed by atoms with van der Waals surface area (Å²) in [4.78, 5) is 52.7. The van der Waals surface area contributed by atoms with Gasteiger partial charge in [0.15, 0.2) is 5.01 Å². The maximum absolute atomic E-state index is 14.0. The Balaban J connectivity index is 0.00000336. The van der Waals surface area contributed by atoms with E-state index in [0.717, 1.165) is 41.0 Å². The Morgan fingerprint density at radius 1 is 1.26 bits per heavy atom. The average molecular weight is 580 g/mol. The Kier molecular flexibility index (Phi) is 8.20. The highest BCUT2D eigenvalue weighted by Gasteiger charge is 2.50. The van der Waals surface area contributed by atoms with Gasteiger partial charge < -0.3 is 25.8 Å². The molecule has 1 aromatic carbocycles. The van der Waals surface area contributed by atoms with E-state index < -0.39 is 17.5 Å². The number of carbonyl (C=O) groups is 3. The van der Waals surface area contributed by atoms with Crippen molar-refractivity contribution in [1.82, 2.24) is 25.1 Å². The summed E-state index contributed by atoms with van der Waals surface area (Å²) in [7, 11) is 5.43. The van der Waals surface area contributed by atoms with Crippen molar-refractivity contribution >= 4 is 63.8 Å². The minimum absolute atomic E-state index is 0. The fourth-order valence-corrected chi connectivity index (χ4v) is 6.69. The van der Waals surface area contributed by atoms with Crippen molar-refractivity contribution in [2.45, 2.75) is 43.8 Å². The van der Waals surface area contributed by atoms with E-state index in [9.17, 15) is 14.4 Å². The lowest BCUT2D eigenvalue weighted by atomic mass is 9.69. The molecule has 1 aliphatic heterocycles. The third-order valence-corrected chi connectivity index (χ3v) is 8.79. The van der Waals surface area contributed by atoms with Crippen LogP contribution in [0.2, 0.25) is 5.02 Å². The van der Waals surface area contributed by atoms with Crippen LogP contribution >= 0.6 is 35.3 Å². The number of hydrogen-bond acceptors (Lipinski definition) is 7. The Bertz CT molecular complexity index is 1390.